The zero-order chi connectivity index (χ0) is 21.3. The molecule has 1 aromatic carbocycles. The molecule has 1 aliphatic carbocycles. The van der Waals surface area contributed by atoms with E-state index in [0.717, 1.165) is 79.0 Å². The van der Waals surface area contributed by atoms with E-state index in [-0.39, 0.29) is 11.7 Å². The first-order valence-electron chi connectivity index (χ1n) is 10.7. The lowest BCUT2D eigenvalue weighted by Crippen LogP contribution is -2.64. The van der Waals surface area contributed by atoms with Crippen LogP contribution in [0.1, 0.15) is 41.5 Å². The van der Waals surface area contributed by atoms with Crippen LogP contribution in [0.5, 0.6) is 5.75 Å². The van der Waals surface area contributed by atoms with Gasteiger partial charge in [-0.25, -0.2) is 5.10 Å². The molecule has 4 rings (SSSR count). The van der Waals surface area contributed by atoms with Gasteiger partial charge in [-0.1, -0.05) is 0 Å². The molecule has 2 fully saturated rings. The lowest BCUT2D eigenvalue weighted by Gasteiger charge is -2.58. The highest BCUT2D eigenvalue weighted by atomic mass is 16.5. The van der Waals surface area contributed by atoms with Crippen LogP contribution in [0.2, 0.25) is 0 Å². The Bertz CT molecular complexity index is 986. The first kappa shape index (κ1) is 20.6. The van der Waals surface area contributed by atoms with Gasteiger partial charge in [0.1, 0.15) is 5.75 Å². The van der Waals surface area contributed by atoms with Gasteiger partial charge in [0, 0.05) is 54.1 Å². The van der Waals surface area contributed by atoms with Crippen molar-refractivity contribution >= 4 is 11.9 Å². The van der Waals surface area contributed by atoms with Crippen LogP contribution >= 0.6 is 0 Å². The van der Waals surface area contributed by atoms with Gasteiger partial charge in [-0.15, -0.1) is 0 Å². The number of hydrogen-bond acceptors (Lipinski definition) is 6. The second-order valence-corrected chi connectivity index (χ2v) is 8.86. The summed E-state index contributed by atoms with van der Waals surface area (Å²) in [4.78, 5) is 14.1. The van der Waals surface area contributed by atoms with Gasteiger partial charge in [-0.2, -0.15) is 5.10 Å². The number of hydrogen-bond donors (Lipinski definition) is 3. The average Bonchev–Trinajstić information content (AvgIpc) is 2.68. The molecule has 1 aromatic heterocycles. The predicted octanol–water partition coefficient (Wildman–Crippen LogP) is 2.90. The predicted molar refractivity (Wildman–Crippen MR) is 119 cm³/mol. The standard InChI is InChI=1S/C23H31N5O2/c1-15-18(12-26-27-22(15)29)5-4-8-28-13-23(14-28)9-19(10-23)30-20-7-6-17(11-24)21(25-3)16(20)2/h6-7,11-12,19,24-25H,4-5,8-10,13-14H2,1-3H3,(H,27,29). The summed E-state index contributed by atoms with van der Waals surface area (Å²) < 4.78 is 6.28. The van der Waals surface area contributed by atoms with Crippen LogP contribution in [0.15, 0.2) is 23.1 Å². The molecular weight excluding hydrogens is 378 g/mol. The molecule has 1 spiro atoms. The first-order valence-corrected chi connectivity index (χ1v) is 10.7. The monoisotopic (exact) mass is 409 g/mol. The number of anilines is 1. The Kier molecular flexibility index (Phi) is 5.64. The van der Waals surface area contributed by atoms with Gasteiger partial charge in [-0.05, 0) is 63.8 Å². The van der Waals surface area contributed by atoms with Crippen molar-refractivity contribution in [2.24, 2.45) is 5.41 Å². The number of nitrogens with zero attached hydrogens (tertiary/aromatic N) is 2. The molecule has 0 amide bonds. The molecule has 0 bridgehead atoms. The smallest absolute Gasteiger partial charge is 0.267 e. The van der Waals surface area contributed by atoms with E-state index < -0.39 is 0 Å². The van der Waals surface area contributed by atoms with Crippen LogP contribution < -0.4 is 15.6 Å². The highest BCUT2D eigenvalue weighted by Crippen LogP contribution is 2.50. The van der Waals surface area contributed by atoms with Crippen LogP contribution in [0.3, 0.4) is 0 Å². The molecule has 0 radical (unpaired) electrons. The summed E-state index contributed by atoms with van der Waals surface area (Å²) in [6, 6.07) is 3.93. The molecular formula is C23H31N5O2. The SMILES string of the molecule is CNc1c(C=N)ccc(OC2CC3(C2)CN(CCCc2cn[nH]c(=O)c2C)C3)c1C. The quantitative estimate of drug-likeness (QED) is 0.583. The number of aryl methyl sites for hydroxylation is 1. The van der Waals surface area contributed by atoms with Crippen molar-refractivity contribution in [1.82, 2.24) is 15.1 Å². The number of rotatable bonds is 8. The summed E-state index contributed by atoms with van der Waals surface area (Å²) in [7, 11) is 1.88. The van der Waals surface area contributed by atoms with Gasteiger partial charge in [0.05, 0.1) is 12.3 Å². The third-order valence-electron chi connectivity index (χ3n) is 6.72. The number of benzene rings is 1. The lowest BCUT2D eigenvalue weighted by molar-refractivity contribution is -0.119. The van der Waals surface area contributed by atoms with Crippen LogP contribution in [-0.4, -0.2) is 54.1 Å². The number of likely N-dealkylation sites (tertiary alicyclic amines) is 1. The van der Waals surface area contributed by atoms with Crippen molar-refractivity contribution in [2.45, 2.75) is 45.6 Å². The van der Waals surface area contributed by atoms with E-state index in [9.17, 15) is 4.79 Å². The summed E-state index contributed by atoms with van der Waals surface area (Å²) in [5.74, 6) is 0.919. The van der Waals surface area contributed by atoms with Gasteiger partial charge in [0.15, 0.2) is 0 Å². The third-order valence-corrected chi connectivity index (χ3v) is 6.72. The molecule has 2 aromatic rings. The summed E-state index contributed by atoms with van der Waals surface area (Å²) in [6.07, 6.45) is 7.61. The highest BCUT2D eigenvalue weighted by molar-refractivity contribution is 5.88. The van der Waals surface area contributed by atoms with E-state index in [1.807, 2.05) is 33.0 Å². The number of H-pyrrole nitrogens is 1. The Morgan fingerprint density at radius 1 is 1.33 bits per heavy atom. The fourth-order valence-corrected chi connectivity index (χ4v) is 5.02. The Labute approximate surface area is 177 Å². The zero-order valence-corrected chi connectivity index (χ0v) is 18.0. The molecule has 1 saturated carbocycles. The van der Waals surface area contributed by atoms with Gasteiger partial charge in [-0.3, -0.25) is 4.79 Å². The minimum Gasteiger partial charge on any atom is -0.490 e. The normalized spacial score (nSPS) is 18.0. The minimum absolute atomic E-state index is 0.0829. The van der Waals surface area contributed by atoms with Crippen molar-refractivity contribution in [3.63, 3.8) is 0 Å². The van der Waals surface area contributed by atoms with Gasteiger partial charge >= 0.3 is 0 Å². The maximum Gasteiger partial charge on any atom is 0.267 e. The van der Waals surface area contributed by atoms with Gasteiger partial charge < -0.3 is 20.4 Å². The average molecular weight is 410 g/mol. The van der Waals surface area contributed by atoms with Crippen molar-refractivity contribution in [2.75, 3.05) is 32.0 Å². The molecule has 1 saturated heterocycles. The summed E-state index contributed by atoms with van der Waals surface area (Å²) in [5, 5.41) is 17.1. The van der Waals surface area contributed by atoms with Crippen LogP contribution in [0.4, 0.5) is 5.69 Å². The van der Waals surface area contributed by atoms with Crippen LogP contribution in [0.25, 0.3) is 0 Å². The summed E-state index contributed by atoms with van der Waals surface area (Å²) >= 11 is 0. The van der Waals surface area contributed by atoms with E-state index in [0.29, 0.717) is 5.41 Å². The number of aromatic amines is 1. The molecule has 2 heterocycles. The Balaban J connectivity index is 1.22. The van der Waals surface area contributed by atoms with Crippen molar-refractivity contribution < 1.29 is 4.74 Å². The largest absolute Gasteiger partial charge is 0.490 e. The Hall–Kier alpha value is -2.67. The topological polar surface area (TPSA) is 94.1 Å². The lowest BCUT2D eigenvalue weighted by atomic mass is 9.61. The van der Waals surface area contributed by atoms with E-state index in [2.05, 4.69) is 20.4 Å². The van der Waals surface area contributed by atoms with Crippen LogP contribution in [-0.2, 0) is 6.42 Å². The van der Waals surface area contributed by atoms with Crippen LogP contribution in [0, 0.1) is 24.7 Å². The van der Waals surface area contributed by atoms with Gasteiger partial charge in [0.2, 0.25) is 0 Å². The molecule has 3 N–H and O–H groups in total. The number of ether oxygens (including phenoxy) is 1. The fourth-order valence-electron chi connectivity index (χ4n) is 5.02. The summed E-state index contributed by atoms with van der Waals surface area (Å²) in [5.41, 5.74) is 5.11. The van der Waals surface area contributed by atoms with E-state index in [4.69, 9.17) is 10.1 Å². The maximum atomic E-state index is 11.6. The second kappa shape index (κ2) is 8.22. The van der Waals surface area contributed by atoms with E-state index >= 15 is 0 Å². The molecule has 1 aliphatic heterocycles. The fraction of sp³-hybridized carbons (Fsp3) is 0.522. The maximum absolute atomic E-state index is 11.6. The zero-order valence-electron chi connectivity index (χ0n) is 18.0. The Morgan fingerprint density at radius 3 is 2.80 bits per heavy atom. The van der Waals surface area contributed by atoms with Gasteiger partial charge in [0.25, 0.3) is 5.56 Å². The molecule has 2 aliphatic rings. The molecule has 160 valence electrons. The first-order chi connectivity index (χ1) is 14.4. The van der Waals surface area contributed by atoms with Crippen molar-refractivity contribution in [3.05, 3.63) is 50.9 Å². The van der Waals surface area contributed by atoms with Crippen molar-refractivity contribution in [1.29, 1.82) is 5.41 Å². The minimum atomic E-state index is -0.0829. The number of aromatic nitrogens is 2. The molecule has 30 heavy (non-hydrogen) atoms. The second-order valence-electron chi connectivity index (χ2n) is 8.86. The molecule has 0 unspecified atom stereocenters. The van der Waals surface area contributed by atoms with E-state index in [1.165, 1.54) is 6.21 Å². The molecule has 7 heteroatoms. The molecule has 0 atom stereocenters. The van der Waals surface area contributed by atoms with Crippen molar-refractivity contribution in [3.8, 4) is 5.75 Å². The van der Waals surface area contributed by atoms with E-state index in [1.54, 1.807) is 6.20 Å². The summed E-state index contributed by atoms with van der Waals surface area (Å²) in [6.45, 7) is 7.27. The Morgan fingerprint density at radius 2 is 2.10 bits per heavy atom. The highest BCUT2D eigenvalue weighted by Gasteiger charge is 2.53. The number of nitrogens with one attached hydrogen (secondary N) is 3. The molecule has 7 nitrogen and oxygen atoms in total. The third kappa shape index (κ3) is 3.86.